The number of aliphatic hydroxyl groups excluding tert-OH is 1. The van der Waals surface area contributed by atoms with Crippen molar-refractivity contribution in [3.8, 4) is 0 Å². The molecule has 1 aliphatic rings. The summed E-state index contributed by atoms with van der Waals surface area (Å²) >= 11 is 0. The van der Waals surface area contributed by atoms with Gasteiger partial charge < -0.3 is 10.4 Å². The van der Waals surface area contributed by atoms with E-state index in [-0.39, 0.29) is 12.0 Å². The van der Waals surface area contributed by atoms with Gasteiger partial charge in [-0.1, -0.05) is 18.9 Å². The van der Waals surface area contributed by atoms with Crippen LogP contribution in [0.2, 0.25) is 0 Å². The molecule has 1 unspecified atom stereocenters. The van der Waals surface area contributed by atoms with Gasteiger partial charge in [-0.15, -0.1) is 0 Å². The van der Waals surface area contributed by atoms with Gasteiger partial charge in [-0.3, -0.25) is 9.78 Å². The molecule has 0 saturated heterocycles. The smallest absolute Gasteiger partial charge is 0.220 e. The Morgan fingerprint density at radius 3 is 2.95 bits per heavy atom. The average molecular weight is 262 g/mol. The number of carbonyl (C=O) groups excluding carboxylic acids is 1. The first kappa shape index (κ1) is 14.0. The molecule has 1 aromatic heterocycles. The fourth-order valence-corrected chi connectivity index (χ4v) is 2.62. The average Bonchev–Trinajstić information content (AvgIpc) is 2.98. The maximum absolute atomic E-state index is 11.7. The Hall–Kier alpha value is -1.42. The zero-order chi connectivity index (χ0) is 13.5. The number of nitrogens with zero attached hydrogens (tertiary/aromatic N) is 1. The Morgan fingerprint density at radius 2 is 2.26 bits per heavy atom. The van der Waals surface area contributed by atoms with Crippen LogP contribution in [-0.4, -0.2) is 28.6 Å². The van der Waals surface area contributed by atoms with E-state index >= 15 is 0 Å². The third kappa shape index (κ3) is 4.63. The van der Waals surface area contributed by atoms with Gasteiger partial charge in [0.1, 0.15) is 0 Å². The van der Waals surface area contributed by atoms with Crippen LogP contribution < -0.4 is 5.32 Å². The maximum atomic E-state index is 11.7. The highest BCUT2D eigenvalue weighted by atomic mass is 16.3. The minimum Gasteiger partial charge on any atom is -0.391 e. The van der Waals surface area contributed by atoms with Gasteiger partial charge >= 0.3 is 0 Å². The summed E-state index contributed by atoms with van der Waals surface area (Å²) in [6.45, 7) is 0.385. The lowest BCUT2D eigenvalue weighted by Crippen LogP contribution is -2.35. The van der Waals surface area contributed by atoms with Gasteiger partial charge in [0.2, 0.25) is 5.91 Å². The Bertz CT molecular complexity index is 388. The number of nitrogens with one attached hydrogen (secondary N) is 1. The second-order valence-electron chi connectivity index (χ2n) is 5.28. The third-order valence-corrected chi connectivity index (χ3v) is 3.82. The Morgan fingerprint density at radius 1 is 1.47 bits per heavy atom. The highest BCUT2D eigenvalue weighted by molar-refractivity contribution is 5.76. The lowest BCUT2D eigenvalue weighted by Gasteiger charge is -2.18. The van der Waals surface area contributed by atoms with E-state index in [4.69, 9.17) is 0 Å². The molecule has 4 nitrogen and oxygen atoms in total. The number of hydrogen-bond donors (Lipinski definition) is 2. The normalized spacial score (nSPS) is 17.3. The van der Waals surface area contributed by atoms with Crippen molar-refractivity contribution >= 4 is 5.91 Å². The van der Waals surface area contributed by atoms with Crippen molar-refractivity contribution in [3.63, 3.8) is 0 Å². The molecule has 1 aliphatic carbocycles. The highest BCUT2D eigenvalue weighted by Crippen LogP contribution is 2.27. The van der Waals surface area contributed by atoms with Gasteiger partial charge in [-0.05, 0) is 36.8 Å². The molecule has 1 saturated carbocycles. The van der Waals surface area contributed by atoms with E-state index in [1.165, 1.54) is 12.8 Å². The summed E-state index contributed by atoms with van der Waals surface area (Å²) in [5.74, 6) is 0.375. The molecule has 1 amide bonds. The summed E-state index contributed by atoms with van der Waals surface area (Å²) in [6.07, 6.45) is 8.85. The summed E-state index contributed by atoms with van der Waals surface area (Å²) in [6, 6.07) is 3.84. The van der Waals surface area contributed by atoms with Gasteiger partial charge in [0.15, 0.2) is 0 Å². The van der Waals surface area contributed by atoms with Crippen LogP contribution in [-0.2, 0) is 11.2 Å². The number of pyridine rings is 1. The predicted octanol–water partition coefficient (Wildman–Crippen LogP) is 1.68. The second kappa shape index (κ2) is 7.24. The molecule has 1 aromatic rings. The molecule has 0 radical (unpaired) electrons. The molecule has 0 aromatic carbocycles. The lowest BCUT2D eigenvalue weighted by molar-refractivity contribution is -0.121. The molecule has 2 rings (SSSR count). The number of carbonyl (C=O) groups is 1. The minimum absolute atomic E-state index is 0.000833. The number of aliphatic hydroxyl groups is 1. The standard InChI is InChI=1S/C15H22N2O2/c18-14(13-5-1-2-6-13)11-17-15(19)8-7-12-4-3-9-16-10-12/h3-4,9-10,13-14,18H,1-2,5-8,11H2,(H,17,19). The van der Waals surface area contributed by atoms with Crippen LogP contribution in [0.25, 0.3) is 0 Å². The van der Waals surface area contributed by atoms with Gasteiger partial charge in [-0.25, -0.2) is 0 Å². The van der Waals surface area contributed by atoms with Gasteiger partial charge in [0.05, 0.1) is 6.10 Å². The van der Waals surface area contributed by atoms with Crippen molar-refractivity contribution in [3.05, 3.63) is 30.1 Å². The lowest BCUT2D eigenvalue weighted by atomic mass is 10.0. The van der Waals surface area contributed by atoms with Crippen molar-refractivity contribution in [1.82, 2.24) is 10.3 Å². The van der Waals surface area contributed by atoms with Crippen molar-refractivity contribution < 1.29 is 9.90 Å². The molecule has 0 spiro atoms. The van der Waals surface area contributed by atoms with Gasteiger partial charge in [0.25, 0.3) is 0 Å². The van der Waals surface area contributed by atoms with E-state index in [2.05, 4.69) is 10.3 Å². The van der Waals surface area contributed by atoms with E-state index in [0.717, 1.165) is 18.4 Å². The number of aryl methyl sites for hydroxylation is 1. The van der Waals surface area contributed by atoms with E-state index < -0.39 is 0 Å². The first-order chi connectivity index (χ1) is 9.25. The second-order valence-corrected chi connectivity index (χ2v) is 5.28. The molecule has 104 valence electrons. The monoisotopic (exact) mass is 262 g/mol. The number of amides is 1. The molecule has 0 bridgehead atoms. The molecule has 1 fully saturated rings. The third-order valence-electron chi connectivity index (χ3n) is 3.82. The Balaban J connectivity index is 1.64. The first-order valence-corrected chi connectivity index (χ1v) is 7.09. The van der Waals surface area contributed by atoms with Crippen molar-refractivity contribution in [2.45, 2.75) is 44.6 Å². The topological polar surface area (TPSA) is 62.2 Å². The van der Waals surface area contributed by atoms with Crippen LogP contribution in [0.5, 0.6) is 0 Å². The molecule has 4 heteroatoms. The Kier molecular flexibility index (Phi) is 5.33. The van der Waals surface area contributed by atoms with Crippen molar-refractivity contribution in [2.75, 3.05) is 6.54 Å². The summed E-state index contributed by atoms with van der Waals surface area (Å²) in [7, 11) is 0. The molecule has 0 aliphatic heterocycles. The molecule has 19 heavy (non-hydrogen) atoms. The number of aromatic nitrogens is 1. The quantitative estimate of drug-likeness (QED) is 0.820. The zero-order valence-corrected chi connectivity index (χ0v) is 11.2. The van der Waals surface area contributed by atoms with Gasteiger partial charge in [0, 0.05) is 25.4 Å². The zero-order valence-electron chi connectivity index (χ0n) is 11.2. The predicted molar refractivity (Wildman–Crippen MR) is 73.5 cm³/mol. The van der Waals surface area contributed by atoms with Gasteiger partial charge in [-0.2, -0.15) is 0 Å². The maximum Gasteiger partial charge on any atom is 0.220 e. The molecule has 1 atom stereocenters. The molecular formula is C15H22N2O2. The summed E-state index contributed by atoms with van der Waals surface area (Å²) in [5.41, 5.74) is 1.06. The van der Waals surface area contributed by atoms with E-state index in [1.54, 1.807) is 12.4 Å². The summed E-state index contributed by atoms with van der Waals surface area (Å²) in [5, 5.41) is 12.8. The van der Waals surface area contributed by atoms with Crippen LogP contribution in [0, 0.1) is 5.92 Å². The van der Waals surface area contributed by atoms with Crippen molar-refractivity contribution in [2.24, 2.45) is 5.92 Å². The molecule has 2 N–H and O–H groups in total. The van der Waals surface area contributed by atoms with Crippen LogP contribution in [0.4, 0.5) is 0 Å². The van der Waals surface area contributed by atoms with E-state index in [0.29, 0.717) is 25.3 Å². The van der Waals surface area contributed by atoms with Crippen LogP contribution in [0.1, 0.15) is 37.7 Å². The van der Waals surface area contributed by atoms with E-state index in [1.807, 2.05) is 12.1 Å². The Labute approximate surface area is 114 Å². The SMILES string of the molecule is O=C(CCc1cccnc1)NCC(O)C1CCCC1. The fraction of sp³-hybridized carbons (Fsp3) is 0.600. The fourth-order valence-electron chi connectivity index (χ4n) is 2.62. The first-order valence-electron chi connectivity index (χ1n) is 7.09. The molecular weight excluding hydrogens is 240 g/mol. The minimum atomic E-state index is -0.384. The molecule has 1 heterocycles. The van der Waals surface area contributed by atoms with Crippen LogP contribution >= 0.6 is 0 Å². The number of rotatable bonds is 6. The summed E-state index contributed by atoms with van der Waals surface area (Å²) < 4.78 is 0. The van der Waals surface area contributed by atoms with E-state index in [9.17, 15) is 9.90 Å². The van der Waals surface area contributed by atoms with Crippen LogP contribution in [0.15, 0.2) is 24.5 Å². The highest BCUT2D eigenvalue weighted by Gasteiger charge is 2.23. The van der Waals surface area contributed by atoms with Crippen LogP contribution in [0.3, 0.4) is 0 Å². The summed E-state index contributed by atoms with van der Waals surface area (Å²) in [4.78, 5) is 15.7. The largest absolute Gasteiger partial charge is 0.391 e. The van der Waals surface area contributed by atoms with Crippen molar-refractivity contribution in [1.29, 1.82) is 0 Å². The number of hydrogen-bond acceptors (Lipinski definition) is 3.